The number of aromatic nitrogens is 1. The van der Waals surface area contributed by atoms with Gasteiger partial charge < -0.3 is 10.1 Å². The second-order valence-corrected chi connectivity index (χ2v) is 10.0. The van der Waals surface area contributed by atoms with E-state index in [-0.39, 0.29) is 15.5 Å². The summed E-state index contributed by atoms with van der Waals surface area (Å²) in [5.41, 5.74) is 1.51. The molecule has 1 aliphatic heterocycles. The van der Waals surface area contributed by atoms with Crippen LogP contribution in [0.25, 0.3) is 0 Å². The molecule has 1 saturated heterocycles. The van der Waals surface area contributed by atoms with Gasteiger partial charge in [-0.05, 0) is 55.3 Å². The number of piperidine rings is 1. The highest BCUT2D eigenvalue weighted by molar-refractivity contribution is 7.89. The summed E-state index contributed by atoms with van der Waals surface area (Å²) < 4.78 is 33.3. The van der Waals surface area contributed by atoms with Gasteiger partial charge in [-0.2, -0.15) is 4.31 Å². The van der Waals surface area contributed by atoms with Crippen LogP contribution in [0, 0.1) is 0 Å². The van der Waals surface area contributed by atoms with Crippen LogP contribution in [0.15, 0.2) is 71.8 Å². The minimum absolute atomic E-state index is 0.0499. The standard InChI is InChI=1S/C24H24ClN3O4S/c25-22-11-10-18(15-23(22)33(30,31)28-13-4-1-5-14-28)24(29)27-19-8-6-9-21(16-19)32-17-20-7-2-3-12-26-20/h2-3,6-12,15-16H,1,4-5,13-14,17H2,(H,27,29). The van der Waals surface area contributed by atoms with Crippen molar-refractivity contribution in [2.75, 3.05) is 18.4 Å². The smallest absolute Gasteiger partial charge is 0.255 e. The van der Waals surface area contributed by atoms with Gasteiger partial charge in [-0.25, -0.2) is 8.42 Å². The van der Waals surface area contributed by atoms with Crippen LogP contribution >= 0.6 is 11.6 Å². The highest BCUT2D eigenvalue weighted by Crippen LogP contribution is 2.28. The molecule has 1 aromatic heterocycles. The highest BCUT2D eigenvalue weighted by atomic mass is 35.5. The van der Waals surface area contributed by atoms with E-state index in [4.69, 9.17) is 16.3 Å². The molecule has 172 valence electrons. The summed E-state index contributed by atoms with van der Waals surface area (Å²) in [5.74, 6) is 0.131. The molecule has 7 nitrogen and oxygen atoms in total. The Bertz CT molecular complexity index is 1230. The van der Waals surface area contributed by atoms with Gasteiger partial charge in [0.1, 0.15) is 17.3 Å². The first-order chi connectivity index (χ1) is 15.9. The molecule has 4 rings (SSSR count). The van der Waals surface area contributed by atoms with E-state index in [2.05, 4.69) is 10.3 Å². The number of anilines is 1. The molecule has 0 unspecified atom stereocenters. The molecular formula is C24H24ClN3O4S. The molecule has 0 bridgehead atoms. The number of nitrogens with one attached hydrogen (secondary N) is 1. The molecule has 1 N–H and O–H groups in total. The molecule has 9 heteroatoms. The molecule has 1 aliphatic rings. The SMILES string of the molecule is O=C(Nc1cccc(OCc2ccccn2)c1)c1ccc(Cl)c(S(=O)(=O)N2CCCCC2)c1. The zero-order valence-corrected chi connectivity index (χ0v) is 19.5. The molecule has 1 fully saturated rings. The third-order valence-corrected chi connectivity index (χ3v) is 7.71. The van der Waals surface area contributed by atoms with Gasteiger partial charge in [-0.1, -0.05) is 30.2 Å². The van der Waals surface area contributed by atoms with E-state index in [1.807, 2.05) is 18.2 Å². The fraction of sp³-hybridized carbons (Fsp3) is 0.250. The van der Waals surface area contributed by atoms with Gasteiger partial charge in [0.25, 0.3) is 5.91 Å². The molecule has 0 radical (unpaired) electrons. The summed E-state index contributed by atoms with van der Waals surface area (Å²) in [7, 11) is -3.77. The Kier molecular flexibility index (Phi) is 7.27. The third kappa shape index (κ3) is 5.71. The molecule has 0 spiro atoms. The second kappa shape index (κ2) is 10.3. The van der Waals surface area contributed by atoms with Crippen molar-refractivity contribution in [3.8, 4) is 5.75 Å². The van der Waals surface area contributed by atoms with Crippen molar-refractivity contribution in [3.05, 3.63) is 83.1 Å². The Morgan fingerprint density at radius 3 is 2.61 bits per heavy atom. The molecule has 2 aromatic carbocycles. The van der Waals surface area contributed by atoms with Gasteiger partial charge in [0.05, 0.1) is 10.7 Å². The second-order valence-electron chi connectivity index (χ2n) is 7.70. The minimum atomic E-state index is -3.77. The van der Waals surface area contributed by atoms with Gasteiger partial charge in [-0.15, -0.1) is 0 Å². The summed E-state index contributed by atoms with van der Waals surface area (Å²) in [4.78, 5) is 17.0. The van der Waals surface area contributed by atoms with Crippen molar-refractivity contribution in [2.24, 2.45) is 0 Å². The number of rotatable bonds is 7. The fourth-order valence-electron chi connectivity index (χ4n) is 3.59. The van der Waals surface area contributed by atoms with Gasteiger partial charge in [0, 0.05) is 36.6 Å². The summed E-state index contributed by atoms with van der Waals surface area (Å²) in [5, 5.41) is 2.89. The number of carbonyl (C=O) groups is 1. The summed E-state index contributed by atoms with van der Waals surface area (Å²) in [6.45, 7) is 1.22. The number of carbonyl (C=O) groups excluding carboxylic acids is 1. The summed E-state index contributed by atoms with van der Waals surface area (Å²) in [6.07, 6.45) is 4.33. The predicted molar refractivity (Wildman–Crippen MR) is 127 cm³/mol. The maximum atomic E-state index is 13.1. The van der Waals surface area contributed by atoms with E-state index in [1.165, 1.54) is 22.5 Å². The Labute approximate surface area is 198 Å². The van der Waals surface area contributed by atoms with Crippen LogP contribution in [0.1, 0.15) is 35.3 Å². The predicted octanol–water partition coefficient (Wildman–Crippen LogP) is 4.74. The van der Waals surface area contributed by atoms with Gasteiger partial charge in [0.2, 0.25) is 10.0 Å². The molecule has 0 aliphatic carbocycles. The van der Waals surface area contributed by atoms with E-state index >= 15 is 0 Å². The Morgan fingerprint density at radius 2 is 1.85 bits per heavy atom. The quantitative estimate of drug-likeness (QED) is 0.522. The van der Waals surface area contributed by atoms with E-state index < -0.39 is 15.9 Å². The van der Waals surface area contributed by atoms with Crippen LogP contribution in [0.4, 0.5) is 5.69 Å². The number of halogens is 1. The number of hydrogen-bond donors (Lipinski definition) is 1. The fourth-order valence-corrected chi connectivity index (χ4v) is 5.61. The van der Waals surface area contributed by atoms with E-state index in [1.54, 1.807) is 30.5 Å². The van der Waals surface area contributed by atoms with Crippen LogP contribution in [-0.4, -0.2) is 36.7 Å². The van der Waals surface area contributed by atoms with E-state index in [0.29, 0.717) is 31.1 Å². The van der Waals surface area contributed by atoms with Gasteiger partial charge in [-0.3, -0.25) is 9.78 Å². The number of pyridine rings is 1. The first-order valence-corrected chi connectivity index (χ1v) is 12.5. The van der Waals surface area contributed by atoms with Crippen molar-refractivity contribution in [2.45, 2.75) is 30.8 Å². The number of nitrogens with zero attached hydrogens (tertiary/aromatic N) is 2. The van der Waals surface area contributed by atoms with Gasteiger partial charge >= 0.3 is 0 Å². The minimum Gasteiger partial charge on any atom is -0.487 e. The molecule has 1 amide bonds. The number of ether oxygens (including phenoxy) is 1. The monoisotopic (exact) mass is 485 g/mol. The Hall–Kier alpha value is -2.94. The van der Waals surface area contributed by atoms with Crippen molar-refractivity contribution in [3.63, 3.8) is 0 Å². The molecule has 2 heterocycles. The van der Waals surface area contributed by atoms with Crippen LogP contribution in [0.5, 0.6) is 5.75 Å². The van der Waals surface area contributed by atoms with E-state index in [9.17, 15) is 13.2 Å². The third-order valence-electron chi connectivity index (χ3n) is 5.33. The van der Waals surface area contributed by atoms with Crippen LogP contribution in [0.2, 0.25) is 5.02 Å². The zero-order valence-electron chi connectivity index (χ0n) is 17.9. The summed E-state index contributed by atoms with van der Waals surface area (Å²) in [6, 6.07) is 16.8. The van der Waals surface area contributed by atoms with E-state index in [0.717, 1.165) is 25.0 Å². The topological polar surface area (TPSA) is 88.6 Å². The average molecular weight is 486 g/mol. The van der Waals surface area contributed by atoms with Crippen molar-refractivity contribution in [1.82, 2.24) is 9.29 Å². The number of hydrogen-bond acceptors (Lipinski definition) is 5. The normalized spacial score (nSPS) is 14.6. The van der Waals surface area contributed by atoms with Crippen molar-refractivity contribution < 1.29 is 17.9 Å². The summed E-state index contributed by atoms with van der Waals surface area (Å²) >= 11 is 6.21. The van der Waals surface area contributed by atoms with Crippen molar-refractivity contribution in [1.29, 1.82) is 0 Å². The first-order valence-electron chi connectivity index (χ1n) is 10.7. The highest BCUT2D eigenvalue weighted by Gasteiger charge is 2.28. The molecule has 33 heavy (non-hydrogen) atoms. The molecule has 0 saturated carbocycles. The maximum absolute atomic E-state index is 13.1. The Morgan fingerprint density at radius 1 is 1.03 bits per heavy atom. The maximum Gasteiger partial charge on any atom is 0.255 e. The number of benzene rings is 2. The van der Waals surface area contributed by atoms with Crippen LogP contribution < -0.4 is 10.1 Å². The number of sulfonamides is 1. The van der Waals surface area contributed by atoms with Crippen LogP contribution in [0.3, 0.4) is 0 Å². The molecule has 0 atom stereocenters. The molecule has 3 aromatic rings. The molecular weight excluding hydrogens is 462 g/mol. The lowest BCUT2D eigenvalue weighted by atomic mass is 10.2. The lowest BCUT2D eigenvalue weighted by molar-refractivity contribution is 0.102. The largest absolute Gasteiger partial charge is 0.487 e. The van der Waals surface area contributed by atoms with Crippen molar-refractivity contribution >= 4 is 33.2 Å². The van der Waals surface area contributed by atoms with Crippen LogP contribution in [-0.2, 0) is 16.6 Å². The van der Waals surface area contributed by atoms with Gasteiger partial charge in [0.15, 0.2) is 0 Å². The Balaban J connectivity index is 1.48. The zero-order chi connectivity index (χ0) is 23.3. The number of amides is 1. The average Bonchev–Trinajstić information content (AvgIpc) is 2.84. The lowest BCUT2D eigenvalue weighted by Crippen LogP contribution is -2.35. The lowest BCUT2D eigenvalue weighted by Gasteiger charge is -2.26. The first kappa shape index (κ1) is 23.2.